The third-order valence-corrected chi connectivity index (χ3v) is 20.1. The second-order valence-corrected chi connectivity index (χ2v) is 26.3. The van der Waals surface area contributed by atoms with Gasteiger partial charge in [-0.2, -0.15) is 10.5 Å². The highest BCUT2D eigenvalue weighted by Crippen LogP contribution is 2.49. The summed E-state index contributed by atoms with van der Waals surface area (Å²) in [6, 6.07) is 119. The van der Waals surface area contributed by atoms with Crippen LogP contribution >= 0.6 is 0 Å². The maximum Gasteiger partial charge on any atom is 0.252 e. The van der Waals surface area contributed by atoms with Gasteiger partial charge in [0.15, 0.2) is 40.6 Å². The molecule has 0 aliphatic carbocycles. The first-order chi connectivity index (χ1) is 52.4. The summed E-state index contributed by atoms with van der Waals surface area (Å²) in [5, 5.41) is 23.4. The molecule has 0 unspecified atom stereocenters. The summed E-state index contributed by atoms with van der Waals surface area (Å²) in [6.07, 6.45) is 0. The van der Waals surface area contributed by atoms with Crippen LogP contribution in [0.5, 0.6) is 0 Å². The Morgan fingerprint density at radius 3 is 1.12 bits per heavy atom. The molecular weight excluding hydrogens is 1300 g/mol. The van der Waals surface area contributed by atoms with Crippen LogP contribution in [0.1, 0.15) is 11.1 Å². The Bertz CT molecular complexity index is 6190. The van der Waals surface area contributed by atoms with E-state index in [-0.39, 0.29) is 6.71 Å². The zero-order valence-corrected chi connectivity index (χ0v) is 56.7. The van der Waals surface area contributed by atoms with E-state index < -0.39 is 0 Å². The van der Waals surface area contributed by atoms with Gasteiger partial charge in [-0.3, -0.25) is 0 Å². The summed E-state index contributed by atoms with van der Waals surface area (Å²) in [4.78, 5) is 39.9. The zero-order chi connectivity index (χ0) is 70.8. The fraction of sp³-hybridized carbons (Fsp3) is 0. The molecule has 106 heavy (non-hydrogen) atoms. The molecule has 0 fully saturated rings. The van der Waals surface area contributed by atoms with Crippen molar-refractivity contribution >= 4 is 84.7 Å². The molecule has 13 heteroatoms. The molecule has 5 heterocycles. The van der Waals surface area contributed by atoms with Gasteiger partial charge in [-0.1, -0.05) is 243 Å². The molecule has 490 valence electrons. The highest BCUT2D eigenvalue weighted by atomic mass is 15.2. The number of benzene rings is 14. The number of anilines is 6. The van der Waals surface area contributed by atoms with Crippen molar-refractivity contribution in [1.29, 1.82) is 10.5 Å². The third kappa shape index (κ3) is 10.9. The summed E-state index contributed by atoms with van der Waals surface area (Å²) < 4.78 is 2.25. The van der Waals surface area contributed by atoms with Crippen LogP contribution < -0.4 is 26.2 Å². The number of nitriles is 2. The molecule has 0 radical (unpaired) electrons. The highest BCUT2D eigenvalue weighted by Gasteiger charge is 2.44. The van der Waals surface area contributed by atoms with Crippen LogP contribution in [-0.4, -0.2) is 41.2 Å². The highest BCUT2D eigenvalue weighted by molar-refractivity contribution is 7.00. The van der Waals surface area contributed by atoms with Crippen LogP contribution in [0.25, 0.3) is 134 Å². The van der Waals surface area contributed by atoms with Gasteiger partial charge >= 0.3 is 0 Å². The van der Waals surface area contributed by atoms with E-state index in [0.29, 0.717) is 57.3 Å². The average Bonchev–Trinajstić information content (AvgIpc) is 0.836. The van der Waals surface area contributed by atoms with Crippen molar-refractivity contribution in [2.45, 2.75) is 0 Å². The van der Waals surface area contributed by atoms with Gasteiger partial charge in [0.25, 0.3) is 6.71 Å². The van der Waals surface area contributed by atoms with E-state index in [1.807, 2.05) is 176 Å². The molecule has 0 amide bonds. The first-order valence-corrected chi connectivity index (χ1v) is 34.9. The maximum atomic E-state index is 10.8. The molecule has 0 N–H and O–H groups in total. The number of rotatable bonds is 12. The number of fused-ring (bicyclic) bond motifs is 7. The van der Waals surface area contributed by atoms with E-state index in [2.05, 4.69) is 189 Å². The number of hydrogen-bond acceptors (Lipinski definition) is 10. The Kier molecular flexibility index (Phi) is 15.2. The molecule has 0 saturated carbocycles. The summed E-state index contributed by atoms with van der Waals surface area (Å²) in [6.45, 7) is 8.17. The lowest BCUT2D eigenvalue weighted by molar-refractivity contribution is 1.06. The lowest BCUT2D eigenvalue weighted by atomic mass is 9.33. The topological polar surface area (TPSA) is 141 Å². The zero-order valence-electron chi connectivity index (χ0n) is 56.7. The molecule has 0 atom stereocenters. The predicted octanol–water partition coefficient (Wildman–Crippen LogP) is 20.5. The Morgan fingerprint density at radius 1 is 0.292 bits per heavy atom. The lowest BCUT2D eigenvalue weighted by Gasteiger charge is -2.44. The molecule has 17 aromatic rings. The van der Waals surface area contributed by atoms with E-state index in [1.54, 1.807) is 0 Å². The second-order valence-electron chi connectivity index (χ2n) is 26.3. The Morgan fingerprint density at radius 2 is 0.689 bits per heavy atom. The molecular formula is C93H55BN12. The smallest absolute Gasteiger partial charge is 0.252 e. The van der Waals surface area contributed by atoms with Crippen molar-refractivity contribution in [1.82, 2.24) is 34.5 Å². The van der Waals surface area contributed by atoms with E-state index in [9.17, 15) is 10.5 Å². The molecule has 2 aliphatic rings. The molecule has 3 aromatic heterocycles. The Balaban J connectivity index is 0.876. The minimum atomic E-state index is -0.309. The summed E-state index contributed by atoms with van der Waals surface area (Å²) in [5.74, 6) is 2.92. The normalized spacial score (nSPS) is 11.9. The number of nitrogens with zero attached hydrogens (tertiary/aromatic N) is 12. The molecule has 12 nitrogen and oxygen atoms in total. The number of aromatic nitrogens is 7. The van der Waals surface area contributed by atoms with Crippen LogP contribution in [0.15, 0.2) is 334 Å². The fourth-order valence-electron chi connectivity index (χ4n) is 15.2. The van der Waals surface area contributed by atoms with Gasteiger partial charge in [0, 0.05) is 78.3 Å². The number of hydrogen-bond donors (Lipinski definition) is 0. The van der Waals surface area contributed by atoms with Gasteiger partial charge in [-0.15, -0.1) is 0 Å². The van der Waals surface area contributed by atoms with Crippen LogP contribution in [0.4, 0.5) is 39.8 Å². The van der Waals surface area contributed by atoms with Gasteiger partial charge in [0.05, 0.1) is 46.6 Å². The summed E-state index contributed by atoms with van der Waals surface area (Å²) in [5.41, 5.74) is 23.4. The van der Waals surface area contributed by atoms with E-state index in [0.717, 1.165) is 139 Å². The van der Waals surface area contributed by atoms with Crippen LogP contribution in [0.3, 0.4) is 0 Å². The molecule has 0 spiro atoms. The molecule has 2 aliphatic heterocycles. The van der Waals surface area contributed by atoms with E-state index in [1.165, 1.54) is 0 Å². The van der Waals surface area contributed by atoms with Gasteiger partial charge in [0.2, 0.25) is 0 Å². The first-order valence-electron chi connectivity index (χ1n) is 34.9. The maximum absolute atomic E-state index is 10.8. The van der Waals surface area contributed by atoms with E-state index >= 15 is 0 Å². The Labute approximate surface area is 611 Å². The van der Waals surface area contributed by atoms with Gasteiger partial charge < -0.3 is 14.4 Å². The van der Waals surface area contributed by atoms with Crippen LogP contribution in [0.2, 0.25) is 0 Å². The van der Waals surface area contributed by atoms with E-state index in [4.69, 9.17) is 36.5 Å². The van der Waals surface area contributed by atoms with Crippen molar-refractivity contribution in [3.8, 4) is 120 Å². The van der Waals surface area contributed by atoms with Crippen molar-refractivity contribution in [3.05, 3.63) is 356 Å². The second kappa shape index (κ2) is 25.9. The minimum absolute atomic E-state index is 0.309. The van der Waals surface area contributed by atoms with Crippen LogP contribution in [-0.2, 0) is 0 Å². The van der Waals surface area contributed by atoms with Crippen molar-refractivity contribution < 1.29 is 0 Å². The van der Waals surface area contributed by atoms with Crippen molar-refractivity contribution in [3.63, 3.8) is 0 Å². The average molecular weight is 1350 g/mol. The third-order valence-electron chi connectivity index (χ3n) is 20.1. The lowest BCUT2D eigenvalue weighted by Crippen LogP contribution is -2.61. The SMILES string of the molecule is [C-]#[N+]c1ccc(-n2c3ccc(-c4cc5c6c(c4)N(c4ccc(-c7ccccc7)cc4)c4cc(C#N)ccc4B6c4ccc(C#N)cc4N5c4ccc(-c5ccccc5)cc4)cc3c3ccc(-c4nc(-c5ccccc5)nc(-c5ccccc5)n4)cc32)c(-c2nc(-c3ccccc3)nc(-c3ccccc3)n2)c1. The van der Waals surface area contributed by atoms with Crippen molar-refractivity contribution in [2.24, 2.45) is 0 Å². The van der Waals surface area contributed by atoms with Crippen molar-refractivity contribution in [2.75, 3.05) is 9.80 Å². The summed E-state index contributed by atoms with van der Waals surface area (Å²) in [7, 11) is 0. The summed E-state index contributed by atoms with van der Waals surface area (Å²) >= 11 is 0. The fourth-order valence-corrected chi connectivity index (χ4v) is 15.2. The Hall–Kier alpha value is -15.0. The minimum Gasteiger partial charge on any atom is -0.311 e. The largest absolute Gasteiger partial charge is 0.311 e. The van der Waals surface area contributed by atoms with Gasteiger partial charge in [-0.05, 0) is 141 Å². The van der Waals surface area contributed by atoms with Gasteiger partial charge in [0.1, 0.15) is 0 Å². The molecule has 19 rings (SSSR count). The molecule has 0 bridgehead atoms. The predicted molar refractivity (Wildman–Crippen MR) is 426 cm³/mol. The quantitative estimate of drug-likeness (QED) is 0.0857. The first kappa shape index (κ1) is 62.1. The monoisotopic (exact) mass is 1350 g/mol. The van der Waals surface area contributed by atoms with Crippen LogP contribution in [0, 0.1) is 29.2 Å². The standard InChI is InChI=1S/C93H55BN12/c1-97-72-40-49-81(77(56-72)93-102-90(67-28-16-6-17-29-67)99-91(103-93)68-30-18-7-19-31-68)106-80-48-39-69(52-76(80)75-45-38-70(53-82(75)106)92-100-88(65-24-12-4-13-25-65)98-89(101-92)66-26-14-5-15-27-66)71-54-85-87-86(55-71)105(74-43-36-64(37-44-74)62-22-10-3-11-23-62)84-51-60(58-96)33-47-79(84)94(87)78-46-32-59(57-95)50-83(78)104(85)73-41-34-63(35-42-73)61-20-8-2-9-21-61/h2-56H. The molecule has 14 aromatic carbocycles. The van der Waals surface area contributed by atoms with Gasteiger partial charge in [-0.25, -0.2) is 34.7 Å². The molecule has 0 saturated heterocycles.